The fourth-order valence-corrected chi connectivity index (χ4v) is 2.76. The quantitative estimate of drug-likeness (QED) is 0.821. The molecule has 0 radical (unpaired) electrons. The van der Waals surface area contributed by atoms with Gasteiger partial charge in [0.2, 0.25) is 0 Å². The van der Waals surface area contributed by atoms with Crippen LogP contribution in [0.3, 0.4) is 0 Å². The third kappa shape index (κ3) is 5.51. The molecule has 4 nitrogen and oxygen atoms in total. The summed E-state index contributed by atoms with van der Waals surface area (Å²) in [6.07, 6.45) is 2.28. The van der Waals surface area contributed by atoms with Gasteiger partial charge >= 0.3 is 0 Å². The van der Waals surface area contributed by atoms with Gasteiger partial charge in [-0.25, -0.2) is 0 Å². The van der Waals surface area contributed by atoms with E-state index < -0.39 is 12.2 Å². The lowest BCUT2D eigenvalue weighted by Crippen LogP contribution is -2.43. The predicted molar refractivity (Wildman–Crippen MR) is 96.0 cm³/mol. The van der Waals surface area contributed by atoms with E-state index in [2.05, 4.69) is 0 Å². The highest BCUT2D eigenvalue weighted by molar-refractivity contribution is 5.15. The van der Waals surface area contributed by atoms with E-state index in [4.69, 9.17) is 14.2 Å². The predicted octanol–water partition coefficient (Wildman–Crippen LogP) is 3.10. The molecule has 0 aromatic heterocycles. The van der Waals surface area contributed by atoms with Crippen molar-refractivity contribution in [1.82, 2.24) is 0 Å². The van der Waals surface area contributed by atoms with Crippen LogP contribution in [0.15, 0.2) is 72.8 Å². The summed E-state index contributed by atoms with van der Waals surface area (Å²) in [5.41, 5.74) is 2.15. The molecule has 2 aromatic carbocycles. The van der Waals surface area contributed by atoms with Crippen LogP contribution in [0.1, 0.15) is 11.1 Å². The van der Waals surface area contributed by atoms with Gasteiger partial charge in [0, 0.05) is 0 Å². The second kappa shape index (κ2) is 9.49. The lowest BCUT2D eigenvalue weighted by molar-refractivity contribution is -0.134. The fraction of sp³-hybridized carbons (Fsp3) is 0.333. The maximum atomic E-state index is 10.5. The van der Waals surface area contributed by atoms with Crippen LogP contribution in [0.5, 0.6) is 0 Å². The molecule has 1 heterocycles. The first-order valence-corrected chi connectivity index (χ1v) is 8.56. The van der Waals surface area contributed by atoms with Crippen molar-refractivity contribution in [3.8, 4) is 0 Å². The molecule has 0 fully saturated rings. The van der Waals surface area contributed by atoms with Crippen LogP contribution < -0.4 is 0 Å². The molecule has 0 saturated heterocycles. The minimum absolute atomic E-state index is 0.231. The first kappa shape index (κ1) is 17.8. The van der Waals surface area contributed by atoms with Crippen LogP contribution in [0.25, 0.3) is 0 Å². The number of hydrogen-bond acceptors (Lipinski definition) is 4. The summed E-state index contributed by atoms with van der Waals surface area (Å²) in [7, 11) is 0. The van der Waals surface area contributed by atoms with Gasteiger partial charge in [-0.1, -0.05) is 72.8 Å². The Morgan fingerprint density at radius 3 is 2.12 bits per heavy atom. The maximum Gasteiger partial charge on any atom is 0.116 e. The Bertz CT molecular complexity index is 641. The van der Waals surface area contributed by atoms with Gasteiger partial charge < -0.3 is 19.3 Å². The number of ether oxygens (including phenoxy) is 3. The Morgan fingerprint density at radius 2 is 1.48 bits per heavy atom. The van der Waals surface area contributed by atoms with Crippen LogP contribution in [-0.2, 0) is 27.4 Å². The van der Waals surface area contributed by atoms with Gasteiger partial charge in [-0.15, -0.1) is 0 Å². The second-order valence-corrected chi connectivity index (χ2v) is 6.06. The van der Waals surface area contributed by atoms with Crippen molar-refractivity contribution in [1.29, 1.82) is 0 Å². The molecule has 1 aliphatic rings. The molecule has 1 N–H and O–H groups in total. The van der Waals surface area contributed by atoms with E-state index in [0.29, 0.717) is 19.8 Å². The van der Waals surface area contributed by atoms with Crippen LogP contribution in [0.4, 0.5) is 0 Å². The average Bonchev–Trinajstić information content (AvgIpc) is 2.65. The maximum absolute atomic E-state index is 10.5. The zero-order valence-corrected chi connectivity index (χ0v) is 14.2. The highest BCUT2D eigenvalue weighted by atomic mass is 16.6. The summed E-state index contributed by atoms with van der Waals surface area (Å²) < 4.78 is 17.5. The zero-order valence-electron chi connectivity index (χ0n) is 14.2. The molecule has 0 aliphatic carbocycles. The van der Waals surface area contributed by atoms with Gasteiger partial charge in [0.15, 0.2) is 0 Å². The van der Waals surface area contributed by atoms with Gasteiger partial charge in [0.05, 0.1) is 26.4 Å². The molecule has 0 bridgehead atoms. The first-order valence-electron chi connectivity index (χ1n) is 8.56. The second-order valence-electron chi connectivity index (χ2n) is 6.06. The summed E-state index contributed by atoms with van der Waals surface area (Å²) >= 11 is 0. The Balaban J connectivity index is 1.67. The third-order valence-electron chi connectivity index (χ3n) is 4.10. The van der Waals surface area contributed by atoms with Crippen molar-refractivity contribution in [3.05, 3.63) is 83.9 Å². The van der Waals surface area contributed by atoms with Crippen molar-refractivity contribution in [2.75, 3.05) is 13.2 Å². The minimum Gasteiger partial charge on any atom is -0.388 e. The molecular weight excluding hydrogens is 316 g/mol. The summed E-state index contributed by atoms with van der Waals surface area (Å²) in [4.78, 5) is 0. The average molecular weight is 340 g/mol. The topological polar surface area (TPSA) is 47.9 Å². The molecule has 3 rings (SSSR count). The van der Waals surface area contributed by atoms with E-state index >= 15 is 0 Å². The summed E-state index contributed by atoms with van der Waals surface area (Å²) in [6.45, 7) is 1.58. The highest BCUT2D eigenvalue weighted by Crippen LogP contribution is 2.18. The molecule has 0 saturated carbocycles. The van der Waals surface area contributed by atoms with Gasteiger partial charge in [-0.3, -0.25) is 0 Å². The first-order chi connectivity index (χ1) is 12.3. The van der Waals surface area contributed by atoms with E-state index in [0.717, 1.165) is 11.1 Å². The normalized spacial score (nSPS) is 25.1. The molecular formula is C21H24O4. The Morgan fingerprint density at radius 1 is 0.880 bits per heavy atom. The van der Waals surface area contributed by atoms with Crippen molar-refractivity contribution < 1.29 is 19.3 Å². The largest absolute Gasteiger partial charge is 0.388 e. The molecule has 0 amide bonds. The van der Waals surface area contributed by atoms with Crippen molar-refractivity contribution in [3.63, 3.8) is 0 Å². The molecule has 3 atom stereocenters. The summed E-state index contributed by atoms with van der Waals surface area (Å²) in [5.74, 6) is 0. The molecule has 25 heavy (non-hydrogen) atoms. The van der Waals surface area contributed by atoms with E-state index in [1.807, 2.05) is 72.8 Å². The Labute approximate surface area is 148 Å². The molecule has 0 unspecified atom stereocenters. The lowest BCUT2D eigenvalue weighted by Gasteiger charge is -2.30. The van der Waals surface area contributed by atoms with Crippen LogP contribution in [0.2, 0.25) is 0 Å². The molecule has 132 valence electrons. The van der Waals surface area contributed by atoms with Gasteiger partial charge in [-0.2, -0.15) is 0 Å². The van der Waals surface area contributed by atoms with Gasteiger partial charge in [-0.05, 0) is 11.1 Å². The number of aliphatic hydroxyl groups excluding tert-OH is 1. The zero-order chi connectivity index (χ0) is 17.3. The number of aliphatic hydroxyl groups is 1. The van der Waals surface area contributed by atoms with E-state index in [-0.39, 0.29) is 12.7 Å². The third-order valence-corrected chi connectivity index (χ3v) is 4.10. The molecule has 0 spiro atoms. The minimum atomic E-state index is -0.741. The van der Waals surface area contributed by atoms with Crippen LogP contribution in [-0.4, -0.2) is 36.6 Å². The van der Waals surface area contributed by atoms with Crippen molar-refractivity contribution in [2.24, 2.45) is 0 Å². The molecule has 4 heteroatoms. The highest BCUT2D eigenvalue weighted by Gasteiger charge is 2.30. The van der Waals surface area contributed by atoms with Crippen LogP contribution in [0, 0.1) is 0 Å². The Hall–Kier alpha value is -1.98. The van der Waals surface area contributed by atoms with Gasteiger partial charge in [0.1, 0.15) is 18.3 Å². The number of benzene rings is 2. The van der Waals surface area contributed by atoms with E-state index in [1.54, 1.807) is 0 Å². The van der Waals surface area contributed by atoms with E-state index in [1.165, 1.54) is 0 Å². The van der Waals surface area contributed by atoms with E-state index in [9.17, 15) is 5.11 Å². The van der Waals surface area contributed by atoms with Crippen LogP contribution >= 0.6 is 0 Å². The smallest absolute Gasteiger partial charge is 0.116 e. The SMILES string of the molecule is O[C@@H]1COC/C=C\[C@@H](OCc2ccccc2)[C@@H]1OCc1ccccc1. The molecule has 1 aliphatic heterocycles. The lowest BCUT2D eigenvalue weighted by atomic mass is 10.1. The van der Waals surface area contributed by atoms with Gasteiger partial charge in [0.25, 0.3) is 0 Å². The molecule has 2 aromatic rings. The summed E-state index contributed by atoms with van der Waals surface area (Å²) in [6, 6.07) is 19.9. The number of hydrogen-bond donors (Lipinski definition) is 1. The summed E-state index contributed by atoms with van der Waals surface area (Å²) in [5, 5.41) is 10.5. The Kier molecular flexibility index (Phi) is 6.77. The number of rotatable bonds is 6. The standard InChI is InChI=1S/C21H24O4/c22-19-16-23-13-7-12-20(24-14-17-8-3-1-4-9-17)21(19)25-15-18-10-5-2-6-11-18/h1-12,19-22H,13-16H2/b12-7-/t19-,20-,21-/m1/s1. The fourth-order valence-electron chi connectivity index (χ4n) is 2.76. The van der Waals surface area contributed by atoms with Crippen molar-refractivity contribution in [2.45, 2.75) is 31.5 Å². The monoisotopic (exact) mass is 340 g/mol. The van der Waals surface area contributed by atoms with Crippen molar-refractivity contribution >= 4 is 0 Å².